The second kappa shape index (κ2) is 10.6. The van der Waals surface area contributed by atoms with Gasteiger partial charge < -0.3 is 4.57 Å². The van der Waals surface area contributed by atoms with E-state index < -0.39 is 0 Å². The number of nitrogens with zero attached hydrogens (tertiary/aromatic N) is 3. The maximum atomic E-state index is 5.63. The first-order chi connectivity index (χ1) is 25.8. The zero-order chi connectivity index (χ0) is 33.9. The van der Waals surface area contributed by atoms with E-state index in [2.05, 4.69) is 173 Å². The van der Waals surface area contributed by atoms with E-state index in [1.165, 1.54) is 79.3 Å². The van der Waals surface area contributed by atoms with Gasteiger partial charge in [-0.15, -0.1) is 11.3 Å². The summed E-state index contributed by atoms with van der Waals surface area (Å²) in [6.07, 6.45) is 0. The summed E-state index contributed by atoms with van der Waals surface area (Å²) in [6.45, 7) is 0. The third-order valence-electron chi connectivity index (χ3n) is 10.7. The Kier molecular flexibility index (Phi) is 5.81. The lowest BCUT2D eigenvalue weighted by Crippen LogP contribution is -1.96. The molecule has 0 spiro atoms. The van der Waals surface area contributed by atoms with Crippen molar-refractivity contribution in [3.05, 3.63) is 164 Å². The zero-order valence-corrected chi connectivity index (χ0v) is 29.4. The van der Waals surface area contributed by atoms with Gasteiger partial charge in [0.05, 0.1) is 32.3 Å². The lowest BCUT2D eigenvalue weighted by atomic mass is 9.99. The van der Waals surface area contributed by atoms with E-state index in [0.717, 1.165) is 27.4 Å². The SMILES string of the molecule is c1ccc2cc(-c3cc4sc5ccccc5c4c4nc(-n5c6ccccc6c6ccc(-n7c8ccccc8c8ccccc87)cc65)sc34)ccc2c1. The van der Waals surface area contributed by atoms with Crippen molar-refractivity contribution in [2.45, 2.75) is 0 Å². The summed E-state index contributed by atoms with van der Waals surface area (Å²) < 4.78 is 8.58. The molecule has 0 saturated carbocycles. The van der Waals surface area contributed by atoms with Crippen LogP contribution in [-0.4, -0.2) is 14.1 Å². The molecule has 52 heavy (non-hydrogen) atoms. The van der Waals surface area contributed by atoms with E-state index in [9.17, 15) is 0 Å². The van der Waals surface area contributed by atoms with Crippen molar-refractivity contribution in [1.29, 1.82) is 0 Å². The predicted molar refractivity (Wildman–Crippen MR) is 224 cm³/mol. The Bertz CT molecular complexity index is 3380. The van der Waals surface area contributed by atoms with Gasteiger partial charge in [0.15, 0.2) is 5.13 Å². The van der Waals surface area contributed by atoms with Crippen LogP contribution in [0.25, 0.3) is 107 Å². The van der Waals surface area contributed by atoms with Gasteiger partial charge in [-0.05, 0) is 64.9 Å². The van der Waals surface area contributed by atoms with E-state index in [0.29, 0.717) is 0 Å². The summed E-state index contributed by atoms with van der Waals surface area (Å²) >= 11 is 3.65. The molecular weight excluding hydrogens is 671 g/mol. The molecule has 4 aromatic heterocycles. The Morgan fingerprint density at radius 2 is 1.04 bits per heavy atom. The summed E-state index contributed by atoms with van der Waals surface area (Å²) in [5, 5.41) is 11.0. The number of rotatable bonds is 3. The molecule has 3 nitrogen and oxygen atoms in total. The van der Waals surface area contributed by atoms with Crippen molar-refractivity contribution in [3.8, 4) is 21.9 Å². The summed E-state index contributed by atoms with van der Waals surface area (Å²) in [7, 11) is 0. The highest BCUT2D eigenvalue weighted by molar-refractivity contribution is 7.26. The molecule has 0 aliphatic heterocycles. The van der Waals surface area contributed by atoms with Crippen LogP contribution in [0.15, 0.2) is 164 Å². The number of aromatic nitrogens is 3. The first-order valence-corrected chi connectivity index (χ1v) is 19.2. The Morgan fingerprint density at radius 3 is 1.79 bits per heavy atom. The predicted octanol–water partition coefficient (Wildman–Crippen LogP) is 13.7. The molecular formula is C47H27N3S2. The fourth-order valence-electron chi connectivity index (χ4n) is 8.44. The number of hydrogen-bond acceptors (Lipinski definition) is 3. The largest absolute Gasteiger partial charge is 0.309 e. The van der Waals surface area contributed by atoms with E-state index in [-0.39, 0.29) is 0 Å². The molecule has 0 atom stereocenters. The Morgan fingerprint density at radius 1 is 0.423 bits per heavy atom. The number of para-hydroxylation sites is 3. The van der Waals surface area contributed by atoms with Crippen molar-refractivity contribution >= 4 is 107 Å². The molecule has 0 bridgehead atoms. The minimum Gasteiger partial charge on any atom is -0.309 e. The van der Waals surface area contributed by atoms with Gasteiger partial charge in [0, 0.05) is 53.0 Å². The van der Waals surface area contributed by atoms with Crippen LogP contribution >= 0.6 is 22.7 Å². The number of fused-ring (bicyclic) bond motifs is 12. The minimum atomic E-state index is 0.977. The van der Waals surface area contributed by atoms with Crippen LogP contribution in [0, 0.1) is 0 Å². The smallest absolute Gasteiger partial charge is 0.195 e. The fourth-order valence-corrected chi connectivity index (χ4v) is 10.7. The van der Waals surface area contributed by atoms with Gasteiger partial charge in [0.1, 0.15) is 0 Å². The Hall–Kier alpha value is -6.27. The molecule has 0 amide bonds. The minimum absolute atomic E-state index is 0.977. The van der Waals surface area contributed by atoms with Crippen LogP contribution in [0.1, 0.15) is 0 Å². The fraction of sp³-hybridized carbons (Fsp3) is 0. The molecule has 0 unspecified atom stereocenters. The number of thiazole rings is 1. The lowest BCUT2D eigenvalue weighted by Gasteiger charge is -2.09. The second-order valence-corrected chi connectivity index (χ2v) is 15.6. The van der Waals surface area contributed by atoms with Gasteiger partial charge in [-0.1, -0.05) is 127 Å². The number of thiophene rings is 1. The topological polar surface area (TPSA) is 22.8 Å². The average molecular weight is 698 g/mol. The van der Waals surface area contributed by atoms with Gasteiger partial charge in [-0.3, -0.25) is 4.57 Å². The van der Waals surface area contributed by atoms with Gasteiger partial charge in [-0.25, -0.2) is 4.98 Å². The second-order valence-electron chi connectivity index (χ2n) is 13.6. The molecule has 8 aromatic carbocycles. The van der Waals surface area contributed by atoms with E-state index in [4.69, 9.17) is 4.98 Å². The Labute approximate surface area is 305 Å². The molecule has 4 heterocycles. The molecule has 0 saturated heterocycles. The first-order valence-electron chi connectivity index (χ1n) is 17.5. The molecule has 0 fully saturated rings. The van der Waals surface area contributed by atoms with Crippen molar-refractivity contribution < 1.29 is 0 Å². The van der Waals surface area contributed by atoms with E-state index in [1.54, 1.807) is 11.3 Å². The van der Waals surface area contributed by atoms with E-state index in [1.807, 2.05) is 11.3 Å². The molecule has 242 valence electrons. The van der Waals surface area contributed by atoms with Crippen molar-refractivity contribution in [2.75, 3.05) is 0 Å². The molecule has 0 aliphatic rings. The third kappa shape index (κ3) is 3.92. The highest BCUT2D eigenvalue weighted by Crippen LogP contribution is 2.46. The van der Waals surface area contributed by atoms with Crippen molar-refractivity contribution in [2.24, 2.45) is 0 Å². The third-order valence-corrected chi connectivity index (χ3v) is 12.9. The van der Waals surface area contributed by atoms with E-state index >= 15 is 0 Å². The monoisotopic (exact) mass is 697 g/mol. The van der Waals surface area contributed by atoms with Gasteiger partial charge in [0.2, 0.25) is 0 Å². The lowest BCUT2D eigenvalue weighted by molar-refractivity contribution is 1.14. The number of hydrogen-bond donors (Lipinski definition) is 0. The van der Waals surface area contributed by atoms with Crippen LogP contribution in [0.2, 0.25) is 0 Å². The van der Waals surface area contributed by atoms with Crippen LogP contribution < -0.4 is 0 Å². The highest BCUT2D eigenvalue weighted by Gasteiger charge is 2.22. The molecule has 0 N–H and O–H groups in total. The zero-order valence-electron chi connectivity index (χ0n) is 27.7. The first kappa shape index (κ1) is 28.4. The Balaban J connectivity index is 1.18. The maximum absolute atomic E-state index is 5.63. The van der Waals surface area contributed by atoms with Crippen LogP contribution in [0.4, 0.5) is 0 Å². The highest BCUT2D eigenvalue weighted by atomic mass is 32.1. The molecule has 12 aromatic rings. The summed E-state index contributed by atoms with van der Waals surface area (Å²) in [5.74, 6) is 0. The van der Waals surface area contributed by atoms with Gasteiger partial charge in [0.25, 0.3) is 0 Å². The summed E-state index contributed by atoms with van der Waals surface area (Å²) in [4.78, 5) is 5.63. The molecule has 0 aliphatic carbocycles. The standard InChI is InChI=1S/C47H27N3S2/c1-2-12-29-25-30(22-21-28(29)11-1)37-27-43-44(36-16-6-10-20-42(36)51-43)45-46(37)52-47(48-45)50-40-19-9-5-15-34(40)35-24-23-31(26-41(35)50)49-38-17-7-3-13-32(38)33-14-4-8-18-39(33)49/h1-27H. The quantitative estimate of drug-likeness (QED) is 0.180. The molecule has 12 rings (SSSR count). The normalized spacial score (nSPS) is 12.2. The number of benzene rings is 8. The summed E-state index contributed by atoms with van der Waals surface area (Å²) in [6, 6.07) is 59.8. The van der Waals surface area contributed by atoms with Crippen LogP contribution in [0.3, 0.4) is 0 Å². The summed E-state index contributed by atoms with van der Waals surface area (Å²) in [5.41, 5.74) is 9.38. The molecule has 5 heteroatoms. The van der Waals surface area contributed by atoms with Crippen LogP contribution in [0.5, 0.6) is 0 Å². The van der Waals surface area contributed by atoms with Crippen molar-refractivity contribution in [3.63, 3.8) is 0 Å². The van der Waals surface area contributed by atoms with Gasteiger partial charge >= 0.3 is 0 Å². The van der Waals surface area contributed by atoms with Crippen molar-refractivity contribution in [1.82, 2.24) is 14.1 Å². The maximum Gasteiger partial charge on any atom is 0.195 e. The molecule has 0 radical (unpaired) electrons. The van der Waals surface area contributed by atoms with Gasteiger partial charge in [-0.2, -0.15) is 0 Å². The van der Waals surface area contributed by atoms with Crippen LogP contribution in [-0.2, 0) is 0 Å². The average Bonchev–Trinajstić information content (AvgIpc) is 3.96.